The van der Waals surface area contributed by atoms with Gasteiger partial charge in [-0.25, -0.2) is 15.0 Å². The zero-order valence-electron chi connectivity index (χ0n) is 38.5. The molecule has 70 heavy (non-hydrogen) atoms. The van der Waals surface area contributed by atoms with Crippen LogP contribution < -0.4 is 4.74 Å². The van der Waals surface area contributed by atoms with Gasteiger partial charge in [-0.1, -0.05) is 190 Å². The van der Waals surface area contributed by atoms with Gasteiger partial charge >= 0.3 is 0 Å². The van der Waals surface area contributed by atoms with Gasteiger partial charge in [0, 0.05) is 55.1 Å². The predicted molar refractivity (Wildman–Crippen MR) is 283 cm³/mol. The molecule has 0 saturated carbocycles. The Balaban J connectivity index is 0.935. The summed E-state index contributed by atoms with van der Waals surface area (Å²) in [6.45, 7) is 4.70. The third-order valence-corrected chi connectivity index (χ3v) is 15.5. The molecular weight excluding hydrogens is 853 g/mol. The zero-order valence-corrected chi connectivity index (χ0v) is 38.5. The number of nitrogens with zero attached hydrogens (tertiary/aromatic N) is 4. The minimum atomic E-state index is -0.664. The van der Waals surface area contributed by atoms with Gasteiger partial charge in [0.2, 0.25) is 0 Å². The fourth-order valence-corrected chi connectivity index (χ4v) is 12.3. The average Bonchev–Trinajstić information content (AvgIpc) is 3.98. The number of para-hydroxylation sites is 2. The molecule has 328 valence electrons. The lowest BCUT2D eigenvalue weighted by atomic mass is 9.65. The van der Waals surface area contributed by atoms with Crippen molar-refractivity contribution >= 4 is 32.6 Å². The second-order valence-electron chi connectivity index (χ2n) is 19.5. The number of aromatic nitrogens is 4. The normalized spacial score (nSPS) is 15.6. The molecule has 0 fully saturated rings. The number of ether oxygens (including phenoxy) is 1. The van der Waals surface area contributed by atoms with Gasteiger partial charge in [-0.3, -0.25) is 0 Å². The first-order chi connectivity index (χ1) is 34.4. The molecule has 3 heterocycles. The second-order valence-corrected chi connectivity index (χ2v) is 19.5. The maximum atomic E-state index is 6.94. The first kappa shape index (κ1) is 39.1. The van der Waals surface area contributed by atoms with Gasteiger partial charge in [0.05, 0.1) is 16.4 Å². The number of benzene rings is 10. The highest BCUT2D eigenvalue weighted by molar-refractivity contribution is 6.12. The summed E-state index contributed by atoms with van der Waals surface area (Å²) in [5.74, 6) is 3.58. The standard InChI is InChI=1S/C65H42N4O/c1-64(2)51-26-11-8-24-46(51)49-37-50-48-25-10-14-29-57(48)69(58(50)38-55(49)64)43-21-16-20-41(35-43)62-66-61(40-18-4-3-5-19-40)67-63(68-62)42-31-33-47-45-23-9-12-27-52(45)65(56(47)36-42)53-28-13-15-30-59(53)70-60-44-22-7-6-17-39(44)32-34-54(60)65/h3-38H,1-2H3. The Bertz CT molecular complexity index is 4200. The molecule has 2 aromatic heterocycles. The van der Waals surface area contributed by atoms with E-state index in [-0.39, 0.29) is 5.41 Å². The van der Waals surface area contributed by atoms with Crippen LogP contribution in [0.15, 0.2) is 218 Å². The molecule has 10 aromatic carbocycles. The summed E-state index contributed by atoms with van der Waals surface area (Å²) in [6.07, 6.45) is 0. The fraction of sp³-hybridized carbons (Fsp3) is 0.0615. The van der Waals surface area contributed by atoms with Crippen molar-refractivity contribution in [2.24, 2.45) is 0 Å². The van der Waals surface area contributed by atoms with Gasteiger partial charge in [-0.2, -0.15) is 0 Å². The van der Waals surface area contributed by atoms with Crippen molar-refractivity contribution in [1.82, 2.24) is 19.5 Å². The molecule has 0 saturated heterocycles. The lowest BCUT2D eigenvalue weighted by molar-refractivity contribution is 0.441. The van der Waals surface area contributed by atoms with Crippen molar-refractivity contribution in [2.75, 3.05) is 0 Å². The third kappa shape index (κ3) is 5.29. The summed E-state index contributed by atoms with van der Waals surface area (Å²) in [6, 6.07) is 78.7. The van der Waals surface area contributed by atoms with Crippen LogP contribution in [0.1, 0.15) is 47.2 Å². The highest BCUT2D eigenvalue weighted by Crippen LogP contribution is 2.63. The van der Waals surface area contributed by atoms with Crippen molar-refractivity contribution in [3.8, 4) is 73.6 Å². The highest BCUT2D eigenvalue weighted by Gasteiger charge is 2.51. The number of hydrogen-bond acceptors (Lipinski definition) is 4. The van der Waals surface area contributed by atoms with Gasteiger partial charge in [0.25, 0.3) is 0 Å². The Labute approximate surface area is 405 Å². The first-order valence-corrected chi connectivity index (χ1v) is 24.1. The molecule has 0 radical (unpaired) electrons. The molecule has 0 N–H and O–H groups in total. The third-order valence-electron chi connectivity index (χ3n) is 15.5. The Kier molecular flexibility index (Phi) is 7.99. The topological polar surface area (TPSA) is 52.8 Å². The van der Waals surface area contributed by atoms with Gasteiger partial charge in [0.15, 0.2) is 17.5 Å². The van der Waals surface area contributed by atoms with E-state index in [2.05, 4.69) is 219 Å². The van der Waals surface area contributed by atoms with E-state index in [0.29, 0.717) is 17.5 Å². The molecule has 12 aromatic rings. The van der Waals surface area contributed by atoms with Crippen molar-refractivity contribution in [2.45, 2.75) is 24.7 Å². The molecule has 5 heteroatoms. The second kappa shape index (κ2) is 14.3. The summed E-state index contributed by atoms with van der Waals surface area (Å²) in [7, 11) is 0. The molecule has 1 spiro atoms. The van der Waals surface area contributed by atoms with E-state index < -0.39 is 5.41 Å². The highest BCUT2D eigenvalue weighted by atomic mass is 16.5. The van der Waals surface area contributed by atoms with Crippen LogP contribution in [0.2, 0.25) is 0 Å². The fourth-order valence-electron chi connectivity index (χ4n) is 12.3. The van der Waals surface area contributed by atoms with Crippen LogP contribution in [0.25, 0.3) is 94.7 Å². The van der Waals surface area contributed by atoms with Crippen molar-refractivity contribution in [3.63, 3.8) is 0 Å². The van der Waals surface area contributed by atoms with E-state index >= 15 is 0 Å². The maximum absolute atomic E-state index is 6.94. The summed E-state index contributed by atoms with van der Waals surface area (Å²) >= 11 is 0. The van der Waals surface area contributed by atoms with Crippen LogP contribution in [0.3, 0.4) is 0 Å². The molecule has 1 unspecified atom stereocenters. The van der Waals surface area contributed by atoms with Crippen LogP contribution in [-0.2, 0) is 10.8 Å². The minimum absolute atomic E-state index is 0.135. The van der Waals surface area contributed by atoms with Crippen LogP contribution in [-0.4, -0.2) is 19.5 Å². The predicted octanol–water partition coefficient (Wildman–Crippen LogP) is 15.9. The van der Waals surface area contributed by atoms with Crippen LogP contribution in [0, 0.1) is 0 Å². The van der Waals surface area contributed by atoms with Gasteiger partial charge in [0.1, 0.15) is 11.5 Å². The Morgan fingerprint density at radius 1 is 0.371 bits per heavy atom. The van der Waals surface area contributed by atoms with Crippen molar-refractivity contribution < 1.29 is 4.74 Å². The number of hydrogen-bond donors (Lipinski definition) is 0. The zero-order chi connectivity index (χ0) is 46.3. The van der Waals surface area contributed by atoms with Gasteiger partial charge in [-0.15, -0.1) is 0 Å². The molecule has 0 bridgehead atoms. The maximum Gasteiger partial charge on any atom is 0.164 e. The quantitative estimate of drug-likeness (QED) is 0.177. The largest absolute Gasteiger partial charge is 0.456 e. The molecule has 5 nitrogen and oxygen atoms in total. The average molecular weight is 895 g/mol. The monoisotopic (exact) mass is 894 g/mol. The van der Waals surface area contributed by atoms with E-state index in [1.165, 1.54) is 60.8 Å². The van der Waals surface area contributed by atoms with Crippen LogP contribution in [0.4, 0.5) is 0 Å². The van der Waals surface area contributed by atoms with Crippen LogP contribution >= 0.6 is 0 Å². The Morgan fingerprint density at radius 2 is 1.00 bits per heavy atom. The summed E-state index contributed by atoms with van der Waals surface area (Å²) in [5, 5.41) is 4.69. The molecule has 1 atom stereocenters. The van der Waals surface area contributed by atoms with Crippen molar-refractivity contribution in [3.05, 3.63) is 252 Å². The number of fused-ring (bicyclic) bond motifs is 17. The lowest BCUT2D eigenvalue weighted by Crippen LogP contribution is -2.32. The summed E-state index contributed by atoms with van der Waals surface area (Å²) in [5.41, 5.74) is 17.7. The molecule has 15 rings (SSSR count). The lowest BCUT2D eigenvalue weighted by Gasteiger charge is -2.40. The van der Waals surface area contributed by atoms with E-state index in [1.54, 1.807) is 0 Å². The Morgan fingerprint density at radius 3 is 1.83 bits per heavy atom. The van der Waals surface area contributed by atoms with E-state index in [9.17, 15) is 0 Å². The van der Waals surface area contributed by atoms with Gasteiger partial charge in [-0.05, 0) is 92.4 Å². The molecular formula is C65H42N4O. The van der Waals surface area contributed by atoms with Crippen LogP contribution in [0.5, 0.6) is 11.5 Å². The molecule has 2 aliphatic carbocycles. The summed E-state index contributed by atoms with van der Waals surface area (Å²) in [4.78, 5) is 16.0. The SMILES string of the molecule is CC1(C)c2ccccc2-c2cc3c4ccccc4n(-c4cccc(-c5nc(-c6ccccc6)nc(-c6ccc7c(c6)C6(c8ccccc8Oc8c6ccc6ccccc86)c6ccccc6-7)n5)c4)c3cc21. The smallest absolute Gasteiger partial charge is 0.164 e. The van der Waals surface area contributed by atoms with Gasteiger partial charge < -0.3 is 9.30 Å². The summed E-state index contributed by atoms with van der Waals surface area (Å²) < 4.78 is 9.36. The Hall–Kier alpha value is -8.93. The van der Waals surface area contributed by atoms with E-state index in [0.717, 1.165) is 61.3 Å². The van der Waals surface area contributed by atoms with E-state index in [1.807, 2.05) is 18.2 Å². The molecule has 3 aliphatic rings. The molecule has 1 aliphatic heterocycles. The first-order valence-electron chi connectivity index (χ1n) is 24.1. The minimum Gasteiger partial charge on any atom is -0.456 e. The number of rotatable bonds is 4. The molecule has 0 amide bonds. The van der Waals surface area contributed by atoms with E-state index in [4.69, 9.17) is 19.7 Å². The van der Waals surface area contributed by atoms with Crippen molar-refractivity contribution in [1.29, 1.82) is 0 Å².